The fraction of sp³-hybridized carbons (Fsp3) is 1.00. The van der Waals surface area contributed by atoms with Crippen molar-refractivity contribution in [3.05, 3.63) is 0 Å². The van der Waals surface area contributed by atoms with E-state index in [1.165, 1.54) is 51.6 Å². The highest BCUT2D eigenvalue weighted by Gasteiger charge is 2.24. The first kappa shape index (κ1) is 12.8. The first-order valence-electron chi connectivity index (χ1n) is 7.41. The Morgan fingerprint density at radius 3 is 1.67 bits per heavy atom. The van der Waals surface area contributed by atoms with Gasteiger partial charge in [-0.05, 0) is 37.5 Å². The third kappa shape index (κ3) is 3.40. The molecule has 4 N–H and O–H groups in total. The lowest BCUT2D eigenvalue weighted by Gasteiger charge is -2.22. The summed E-state index contributed by atoms with van der Waals surface area (Å²) in [5.41, 5.74) is 12.5. The Morgan fingerprint density at radius 1 is 0.667 bits per heavy atom. The molecule has 3 rings (SSSR count). The van der Waals surface area contributed by atoms with Crippen molar-refractivity contribution < 1.29 is 0 Å². The van der Waals surface area contributed by atoms with Crippen LogP contribution in [-0.4, -0.2) is 36.2 Å². The fourth-order valence-corrected chi connectivity index (χ4v) is 3.42. The lowest BCUT2D eigenvalue weighted by molar-refractivity contribution is 0.0999. The van der Waals surface area contributed by atoms with Gasteiger partial charge in [0.05, 0.1) is 0 Å². The Balaban J connectivity index is 1.50. The van der Waals surface area contributed by atoms with Crippen LogP contribution in [-0.2, 0) is 0 Å². The average Bonchev–Trinajstić information content (AvgIpc) is 2.99. The van der Waals surface area contributed by atoms with Gasteiger partial charge in [-0.2, -0.15) is 22.1 Å². The maximum absolute atomic E-state index is 3.21. The van der Waals surface area contributed by atoms with E-state index >= 15 is 0 Å². The van der Waals surface area contributed by atoms with Crippen LogP contribution in [0, 0.1) is 11.8 Å². The van der Waals surface area contributed by atoms with Gasteiger partial charge >= 0.3 is 0 Å². The van der Waals surface area contributed by atoms with Crippen LogP contribution >= 0.6 is 0 Å². The van der Waals surface area contributed by atoms with E-state index in [-0.39, 0.29) is 0 Å². The molecular weight excluding hydrogens is 228 g/mol. The van der Waals surface area contributed by atoms with Gasteiger partial charge in [0.25, 0.3) is 0 Å². The van der Waals surface area contributed by atoms with Crippen LogP contribution < -0.4 is 22.1 Å². The van der Waals surface area contributed by atoms with Crippen LogP contribution in [0.2, 0.25) is 0 Å². The van der Waals surface area contributed by atoms with E-state index in [0.29, 0.717) is 0 Å². The minimum Gasteiger partial charge on any atom is -0.229 e. The van der Waals surface area contributed by atoms with Gasteiger partial charge in [-0.15, -0.1) is 0 Å². The number of hydrogen-bond acceptors (Lipinski definition) is 6. The summed E-state index contributed by atoms with van der Waals surface area (Å²) in [5, 5.41) is 4.52. The topological polar surface area (TPSA) is 54.6 Å². The van der Waals surface area contributed by atoms with E-state index in [1.807, 2.05) is 0 Å². The summed E-state index contributed by atoms with van der Waals surface area (Å²) in [6, 6.07) is 0. The third-order valence-electron chi connectivity index (χ3n) is 4.54. The molecule has 18 heavy (non-hydrogen) atoms. The van der Waals surface area contributed by atoms with Crippen LogP contribution in [0.5, 0.6) is 0 Å². The van der Waals surface area contributed by atoms with Crippen LogP contribution in [0.15, 0.2) is 0 Å². The maximum atomic E-state index is 3.21. The highest BCUT2D eigenvalue weighted by atomic mass is 15.9. The molecule has 6 heteroatoms. The molecule has 4 bridgehead atoms. The van der Waals surface area contributed by atoms with Crippen molar-refractivity contribution in [3.63, 3.8) is 0 Å². The van der Waals surface area contributed by atoms with E-state index in [4.69, 9.17) is 0 Å². The first-order valence-corrected chi connectivity index (χ1v) is 7.41. The molecule has 0 radical (unpaired) electrons. The third-order valence-corrected chi connectivity index (χ3v) is 4.54. The summed E-state index contributed by atoms with van der Waals surface area (Å²) >= 11 is 0. The molecule has 3 aliphatic heterocycles. The van der Waals surface area contributed by atoms with E-state index in [0.717, 1.165) is 24.9 Å². The quantitative estimate of drug-likeness (QED) is 0.493. The zero-order valence-corrected chi connectivity index (χ0v) is 11.1. The molecule has 0 amide bonds. The Labute approximate surface area is 109 Å². The van der Waals surface area contributed by atoms with Crippen LogP contribution in [0.1, 0.15) is 38.5 Å². The van der Waals surface area contributed by atoms with Crippen LogP contribution in [0.3, 0.4) is 0 Å². The van der Waals surface area contributed by atoms with Gasteiger partial charge in [-0.3, -0.25) is 0 Å². The molecular formula is C12H26N6. The fourth-order valence-electron chi connectivity index (χ4n) is 3.42. The lowest BCUT2D eigenvalue weighted by atomic mass is 9.96. The molecule has 0 aromatic rings. The second kappa shape index (κ2) is 6.27. The molecule has 0 spiro atoms. The average molecular weight is 254 g/mol. The lowest BCUT2D eigenvalue weighted by Crippen LogP contribution is -2.59. The zero-order chi connectivity index (χ0) is 12.2. The summed E-state index contributed by atoms with van der Waals surface area (Å²) < 4.78 is 0. The molecule has 4 atom stereocenters. The SMILES string of the molecule is C1CCC2CCN(C2)NNNNN2CCC(C1)C2. The summed E-state index contributed by atoms with van der Waals surface area (Å²) in [7, 11) is 0. The molecule has 6 nitrogen and oxygen atoms in total. The molecule has 0 aromatic carbocycles. The Morgan fingerprint density at radius 2 is 1.17 bits per heavy atom. The van der Waals surface area contributed by atoms with Crippen LogP contribution in [0.25, 0.3) is 0 Å². The molecule has 3 heterocycles. The Bertz CT molecular complexity index is 211. The van der Waals surface area contributed by atoms with E-state index in [2.05, 4.69) is 32.2 Å². The highest BCUT2D eigenvalue weighted by molar-refractivity contribution is 4.75. The number of hydrazine groups is 5. The summed E-state index contributed by atoms with van der Waals surface area (Å²) in [6.07, 6.45) is 8.29. The molecule has 4 unspecified atom stereocenters. The molecule has 0 saturated carbocycles. The molecule has 3 fully saturated rings. The largest absolute Gasteiger partial charge is 0.229 e. The van der Waals surface area contributed by atoms with Crippen molar-refractivity contribution in [2.24, 2.45) is 11.8 Å². The second-order valence-electron chi connectivity index (χ2n) is 5.96. The normalized spacial score (nSPS) is 42.7. The van der Waals surface area contributed by atoms with Crippen molar-refractivity contribution in [2.45, 2.75) is 38.5 Å². The summed E-state index contributed by atoms with van der Waals surface area (Å²) in [5.74, 6) is 1.77. The zero-order valence-electron chi connectivity index (χ0n) is 11.1. The molecule has 104 valence electrons. The van der Waals surface area contributed by atoms with E-state index in [1.54, 1.807) is 0 Å². The molecule has 3 saturated heterocycles. The number of fused-ring (bicyclic) bond motifs is 4. The first-order chi connectivity index (χ1) is 8.90. The van der Waals surface area contributed by atoms with Crippen molar-refractivity contribution in [1.82, 2.24) is 32.2 Å². The van der Waals surface area contributed by atoms with Gasteiger partial charge in [0.1, 0.15) is 0 Å². The molecule has 0 aromatic heterocycles. The number of hydrogen-bond donors (Lipinski definition) is 4. The monoisotopic (exact) mass is 254 g/mol. The Hall–Kier alpha value is -0.240. The summed E-state index contributed by atoms with van der Waals surface area (Å²) in [6.45, 7) is 4.63. The number of nitrogens with zero attached hydrogens (tertiary/aromatic N) is 2. The van der Waals surface area contributed by atoms with Crippen LogP contribution in [0.4, 0.5) is 0 Å². The van der Waals surface area contributed by atoms with Gasteiger partial charge in [-0.1, -0.05) is 12.8 Å². The predicted molar refractivity (Wildman–Crippen MR) is 70.4 cm³/mol. The van der Waals surface area contributed by atoms with Gasteiger partial charge in [0, 0.05) is 26.2 Å². The van der Waals surface area contributed by atoms with Gasteiger partial charge in [-0.25, -0.2) is 10.0 Å². The molecule has 0 aliphatic carbocycles. The Kier molecular flexibility index (Phi) is 4.45. The summed E-state index contributed by atoms with van der Waals surface area (Å²) in [4.78, 5) is 0. The van der Waals surface area contributed by atoms with Crippen molar-refractivity contribution in [3.8, 4) is 0 Å². The van der Waals surface area contributed by atoms with Gasteiger partial charge in [0.15, 0.2) is 0 Å². The van der Waals surface area contributed by atoms with Crippen molar-refractivity contribution >= 4 is 0 Å². The minimum absolute atomic E-state index is 0.885. The maximum Gasteiger partial charge on any atom is 0.0173 e. The van der Waals surface area contributed by atoms with Gasteiger partial charge < -0.3 is 0 Å². The molecule has 3 aliphatic rings. The second-order valence-corrected chi connectivity index (χ2v) is 5.96. The minimum atomic E-state index is 0.885. The van der Waals surface area contributed by atoms with E-state index < -0.39 is 0 Å². The number of nitrogens with one attached hydrogen (secondary N) is 4. The van der Waals surface area contributed by atoms with Crippen molar-refractivity contribution in [1.29, 1.82) is 0 Å². The van der Waals surface area contributed by atoms with Crippen molar-refractivity contribution in [2.75, 3.05) is 26.2 Å². The standard InChI is InChI=1S/C12H26N6/c1-2-4-12-6-8-18(10-12)16-14-13-15-17-7-5-11(3-1)9-17/h11-16H,1-10H2. The smallest absolute Gasteiger partial charge is 0.0173 e. The van der Waals surface area contributed by atoms with Gasteiger partial charge in [0.2, 0.25) is 0 Å². The number of rotatable bonds is 0. The van der Waals surface area contributed by atoms with E-state index in [9.17, 15) is 0 Å². The predicted octanol–water partition coefficient (Wildman–Crippen LogP) is 0.138. The highest BCUT2D eigenvalue weighted by Crippen LogP contribution is 2.24.